The van der Waals surface area contributed by atoms with Crippen LogP contribution in [0.25, 0.3) is 0 Å². The van der Waals surface area contributed by atoms with E-state index in [-0.39, 0.29) is 24.5 Å². The minimum Gasteiger partial charge on any atom is -0.445 e. The highest BCUT2D eigenvalue weighted by Gasteiger charge is 2.27. The van der Waals surface area contributed by atoms with E-state index in [2.05, 4.69) is 5.32 Å². The van der Waals surface area contributed by atoms with E-state index in [1.54, 1.807) is 11.8 Å². The second-order valence-electron chi connectivity index (χ2n) is 5.67. The first-order valence-electron chi connectivity index (χ1n) is 7.55. The second kappa shape index (κ2) is 7.79. The van der Waals surface area contributed by atoms with Crippen LogP contribution >= 0.6 is 0 Å². The number of likely N-dealkylation sites (tertiary alicyclic amines) is 1. The summed E-state index contributed by atoms with van der Waals surface area (Å²) in [6, 6.07) is 9.08. The number of hydrogen-bond donors (Lipinski definition) is 2. The fraction of sp³-hybridized carbons (Fsp3) is 0.500. The van der Waals surface area contributed by atoms with E-state index in [0.717, 1.165) is 12.0 Å². The Morgan fingerprint density at radius 1 is 1.41 bits per heavy atom. The van der Waals surface area contributed by atoms with Gasteiger partial charge in [0.25, 0.3) is 0 Å². The Balaban J connectivity index is 1.71. The fourth-order valence-corrected chi connectivity index (χ4v) is 2.38. The van der Waals surface area contributed by atoms with Gasteiger partial charge in [0.15, 0.2) is 0 Å². The second-order valence-corrected chi connectivity index (χ2v) is 5.67. The molecule has 1 unspecified atom stereocenters. The zero-order valence-corrected chi connectivity index (χ0v) is 12.8. The smallest absolute Gasteiger partial charge is 0.410 e. The topological polar surface area (TPSA) is 84.7 Å². The van der Waals surface area contributed by atoms with E-state index in [0.29, 0.717) is 19.6 Å². The Morgan fingerprint density at radius 3 is 2.82 bits per heavy atom. The first-order chi connectivity index (χ1) is 10.6. The van der Waals surface area contributed by atoms with Gasteiger partial charge in [0.05, 0.1) is 6.04 Å². The molecule has 2 atom stereocenters. The van der Waals surface area contributed by atoms with Gasteiger partial charge in [0.1, 0.15) is 6.61 Å². The maximum atomic E-state index is 12.0. The Bertz CT molecular complexity index is 505. The molecule has 1 aliphatic heterocycles. The SMILES string of the molecule is C[C@H](N)C(=O)NCC1CCN(C(=O)OCc2ccccc2)C1. The molecular formula is C16H23N3O3. The third kappa shape index (κ3) is 4.73. The Hall–Kier alpha value is -2.08. The van der Waals surface area contributed by atoms with E-state index in [4.69, 9.17) is 10.5 Å². The molecule has 3 N–H and O–H groups in total. The van der Waals surface area contributed by atoms with Gasteiger partial charge in [-0.15, -0.1) is 0 Å². The number of carbonyl (C=O) groups excluding carboxylic acids is 2. The van der Waals surface area contributed by atoms with Crippen LogP contribution in [0.5, 0.6) is 0 Å². The summed E-state index contributed by atoms with van der Waals surface area (Å²) < 4.78 is 5.30. The van der Waals surface area contributed by atoms with E-state index in [9.17, 15) is 9.59 Å². The summed E-state index contributed by atoms with van der Waals surface area (Å²) in [5, 5.41) is 2.80. The predicted molar refractivity (Wildman–Crippen MR) is 83.0 cm³/mol. The van der Waals surface area contributed by atoms with Crippen LogP contribution in [0.15, 0.2) is 30.3 Å². The molecule has 6 heteroatoms. The molecule has 0 radical (unpaired) electrons. The van der Waals surface area contributed by atoms with Gasteiger partial charge in [0, 0.05) is 19.6 Å². The van der Waals surface area contributed by atoms with Crippen LogP contribution in [0.1, 0.15) is 18.9 Å². The Labute approximate surface area is 130 Å². The number of nitrogens with one attached hydrogen (secondary N) is 1. The van der Waals surface area contributed by atoms with Gasteiger partial charge in [-0.2, -0.15) is 0 Å². The number of ether oxygens (including phenoxy) is 1. The normalized spacial score (nSPS) is 18.8. The summed E-state index contributed by atoms with van der Waals surface area (Å²) >= 11 is 0. The van der Waals surface area contributed by atoms with E-state index in [1.807, 2.05) is 30.3 Å². The largest absolute Gasteiger partial charge is 0.445 e. The van der Waals surface area contributed by atoms with Gasteiger partial charge >= 0.3 is 6.09 Å². The van der Waals surface area contributed by atoms with Crippen molar-refractivity contribution in [1.82, 2.24) is 10.2 Å². The third-order valence-electron chi connectivity index (χ3n) is 3.73. The first kappa shape index (κ1) is 16.3. The van der Waals surface area contributed by atoms with Gasteiger partial charge < -0.3 is 20.7 Å². The van der Waals surface area contributed by atoms with Crippen molar-refractivity contribution in [3.8, 4) is 0 Å². The van der Waals surface area contributed by atoms with Crippen molar-refractivity contribution in [2.45, 2.75) is 26.0 Å². The van der Waals surface area contributed by atoms with Crippen molar-refractivity contribution >= 4 is 12.0 Å². The van der Waals surface area contributed by atoms with Crippen LogP contribution in [-0.2, 0) is 16.1 Å². The zero-order chi connectivity index (χ0) is 15.9. The molecule has 1 saturated heterocycles. The summed E-state index contributed by atoms with van der Waals surface area (Å²) in [5.74, 6) is 0.0945. The van der Waals surface area contributed by atoms with Gasteiger partial charge in [-0.3, -0.25) is 4.79 Å². The van der Waals surface area contributed by atoms with Crippen molar-refractivity contribution in [2.75, 3.05) is 19.6 Å². The van der Waals surface area contributed by atoms with Crippen molar-refractivity contribution < 1.29 is 14.3 Å². The molecule has 1 fully saturated rings. The highest BCUT2D eigenvalue weighted by atomic mass is 16.6. The lowest BCUT2D eigenvalue weighted by Gasteiger charge is -2.17. The highest BCUT2D eigenvalue weighted by Crippen LogP contribution is 2.17. The number of hydrogen-bond acceptors (Lipinski definition) is 4. The molecule has 0 aliphatic carbocycles. The zero-order valence-electron chi connectivity index (χ0n) is 12.8. The summed E-state index contributed by atoms with van der Waals surface area (Å²) in [4.78, 5) is 25.1. The summed E-state index contributed by atoms with van der Waals surface area (Å²) in [5.41, 5.74) is 6.46. The maximum Gasteiger partial charge on any atom is 0.410 e. The van der Waals surface area contributed by atoms with Crippen LogP contribution in [0.2, 0.25) is 0 Å². The van der Waals surface area contributed by atoms with E-state index in [1.165, 1.54) is 0 Å². The molecule has 0 aromatic heterocycles. The van der Waals surface area contributed by atoms with Crippen LogP contribution in [-0.4, -0.2) is 42.6 Å². The van der Waals surface area contributed by atoms with Gasteiger partial charge in [-0.1, -0.05) is 30.3 Å². The molecule has 0 bridgehead atoms. The Kier molecular flexibility index (Phi) is 5.77. The van der Waals surface area contributed by atoms with Gasteiger partial charge in [-0.25, -0.2) is 4.79 Å². The molecule has 1 heterocycles. The lowest BCUT2D eigenvalue weighted by atomic mass is 10.1. The monoisotopic (exact) mass is 305 g/mol. The van der Waals surface area contributed by atoms with Gasteiger partial charge in [0.2, 0.25) is 5.91 Å². The molecule has 22 heavy (non-hydrogen) atoms. The molecule has 2 rings (SSSR count). The van der Waals surface area contributed by atoms with E-state index < -0.39 is 6.04 Å². The summed E-state index contributed by atoms with van der Waals surface area (Å²) in [7, 11) is 0. The Morgan fingerprint density at radius 2 is 2.14 bits per heavy atom. The standard InChI is InChI=1S/C16H23N3O3/c1-12(17)15(20)18-9-14-7-8-19(10-14)16(21)22-11-13-5-3-2-4-6-13/h2-6,12,14H,7-11,17H2,1H3,(H,18,20)/t12-,14?/m0/s1. The molecule has 1 aromatic carbocycles. The summed E-state index contributed by atoms with van der Waals surface area (Å²) in [6.07, 6.45) is 0.560. The predicted octanol–water partition coefficient (Wildman–Crippen LogP) is 1.11. The number of benzene rings is 1. The summed E-state index contributed by atoms with van der Waals surface area (Å²) in [6.45, 7) is 3.74. The average molecular weight is 305 g/mol. The lowest BCUT2D eigenvalue weighted by Crippen LogP contribution is -2.41. The van der Waals surface area contributed by atoms with Crippen LogP contribution in [0.4, 0.5) is 4.79 Å². The van der Waals surface area contributed by atoms with E-state index >= 15 is 0 Å². The van der Waals surface area contributed by atoms with Gasteiger partial charge in [-0.05, 0) is 24.8 Å². The number of rotatable bonds is 5. The van der Waals surface area contributed by atoms with Crippen molar-refractivity contribution in [2.24, 2.45) is 11.7 Å². The quantitative estimate of drug-likeness (QED) is 0.853. The van der Waals surface area contributed by atoms with Crippen LogP contribution < -0.4 is 11.1 Å². The minimum absolute atomic E-state index is 0.162. The van der Waals surface area contributed by atoms with Crippen molar-refractivity contribution in [3.05, 3.63) is 35.9 Å². The number of amides is 2. The molecule has 1 aliphatic rings. The molecule has 0 spiro atoms. The molecule has 0 saturated carbocycles. The highest BCUT2D eigenvalue weighted by molar-refractivity contribution is 5.80. The average Bonchev–Trinajstić information content (AvgIpc) is 3.00. The number of nitrogens with two attached hydrogens (primary N) is 1. The lowest BCUT2D eigenvalue weighted by molar-refractivity contribution is -0.122. The molecular weight excluding hydrogens is 282 g/mol. The van der Waals surface area contributed by atoms with Crippen molar-refractivity contribution in [1.29, 1.82) is 0 Å². The first-order valence-corrected chi connectivity index (χ1v) is 7.55. The molecule has 6 nitrogen and oxygen atoms in total. The number of carbonyl (C=O) groups is 2. The van der Waals surface area contributed by atoms with Crippen LogP contribution in [0.3, 0.4) is 0 Å². The maximum absolute atomic E-state index is 12.0. The fourth-order valence-electron chi connectivity index (χ4n) is 2.38. The van der Waals surface area contributed by atoms with Crippen molar-refractivity contribution in [3.63, 3.8) is 0 Å². The molecule has 120 valence electrons. The third-order valence-corrected chi connectivity index (χ3v) is 3.73. The molecule has 1 aromatic rings. The molecule has 2 amide bonds. The van der Waals surface area contributed by atoms with Crippen LogP contribution in [0, 0.1) is 5.92 Å². The number of nitrogens with zero attached hydrogens (tertiary/aromatic N) is 1. The minimum atomic E-state index is -0.506.